The molecule has 1 saturated carbocycles. The monoisotopic (exact) mass is 608 g/mol. The van der Waals surface area contributed by atoms with Crippen LogP contribution in [-0.2, 0) is 6.42 Å². The van der Waals surface area contributed by atoms with Gasteiger partial charge in [0, 0.05) is 11.8 Å². The molecule has 1 aliphatic carbocycles. The Balaban J connectivity index is -0.000000470. The molecule has 1 unspecified atom stereocenters. The van der Waals surface area contributed by atoms with Crippen LogP contribution in [-0.4, -0.2) is 11.6 Å². The molecule has 0 aliphatic heterocycles. The lowest BCUT2D eigenvalue weighted by molar-refractivity contribution is 0.201. The summed E-state index contributed by atoms with van der Waals surface area (Å²) in [5, 5.41) is 6.99. The van der Waals surface area contributed by atoms with E-state index in [-0.39, 0.29) is 11.2 Å². The third-order valence-corrected chi connectivity index (χ3v) is 7.70. The Bertz CT molecular complexity index is 797. The lowest BCUT2D eigenvalue weighted by atomic mass is 9.74. The Labute approximate surface area is 268 Å². The fourth-order valence-corrected chi connectivity index (χ4v) is 4.51. The zero-order valence-electron chi connectivity index (χ0n) is 30.0. The molecule has 0 amide bonds. The minimum absolute atomic E-state index is 0.103. The van der Waals surface area contributed by atoms with E-state index in [2.05, 4.69) is 62.3 Å². The van der Waals surface area contributed by atoms with Gasteiger partial charge in [0.1, 0.15) is 5.82 Å². The van der Waals surface area contributed by atoms with Gasteiger partial charge in [-0.1, -0.05) is 151 Å². The topological polar surface area (TPSA) is 23.9 Å². The number of alkyl halides is 1. The molecule has 0 bridgehead atoms. The summed E-state index contributed by atoms with van der Waals surface area (Å²) >= 11 is 5.87. The summed E-state index contributed by atoms with van der Waals surface area (Å²) in [6, 6.07) is 5.20. The molecule has 1 atom stereocenters. The van der Waals surface area contributed by atoms with Gasteiger partial charge in [0.15, 0.2) is 0 Å². The smallest absolute Gasteiger partial charge is 0.130 e. The number of hydrogen-bond donors (Lipinski definition) is 1. The fourth-order valence-electron chi connectivity index (χ4n) is 4.09. The predicted molar refractivity (Wildman–Crippen MR) is 194 cm³/mol. The van der Waals surface area contributed by atoms with Gasteiger partial charge in [-0.25, -0.2) is 4.39 Å². The first-order valence-corrected chi connectivity index (χ1v) is 17.4. The summed E-state index contributed by atoms with van der Waals surface area (Å²) in [6.45, 7) is 26.2. The summed E-state index contributed by atoms with van der Waals surface area (Å²) < 4.78 is 13.2. The minimum Gasteiger partial charge on any atom is -0.308 e. The Morgan fingerprint density at radius 2 is 1.57 bits per heavy atom. The SMILES string of the molecule is C/C=C\c1c(F)cccc1CC.CC1CCC(C)(C)CC1.CCCC.CCCC(Cl)/C=C(/C)C=N.CCCCC(C)C. The van der Waals surface area contributed by atoms with Crippen molar-refractivity contribution < 1.29 is 4.39 Å². The zero-order chi connectivity index (χ0) is 33.0. The third kappa shape index (κ3) is 28.7. The van der Waals surface area contributed by atoms with E-state index in [1.165, 1.54) is 70.1 Å². The molecule has 1 aliphatic rings. The summed E-state index contributed by atoms with van der Waals surface area (Å²) in [5.74, 6) is 1.77. The number of hydrogen-bond acceptors (Lipinski definition) is 1. The van der Waals surface area contributed by atoms with E-state index in [9.17, 15) is 4.39 Å². The van der Waals surface area contributed by atoms with Crippen LogP contribution in [0.3, 0.4) is 0 Å². The first-order valence-electron chi connectivity index (χ1n) is 17.0. The summed E-state index contributed by atoms with van der Waals surface area (Å²) in [6.07, 6.45) is 22.4. The highest BCUT2D eigenvalue weighted by Gasteiger charge is 2.24. The van der Waals surface area contributed by atoms with Crippen molar-refractivity contribution in [1.29, 1.82) is 5.41 Å². The van der Waals surface area contributed by atoms with E-state index >= 15 is 0 Å². The highest BCUT2D eigenvalue weighted by atomic mass is 35.5. The van der Waals surface area contributed by atoms with Crippen LogP contribution in [0, 0.1) is 28.5 Å². The number of halogens is 2. The molecule has 0 heterocycles. The highest BCUT2D eigenvalue weighted by Crippen LogP contribution is 2.37. The molecule has 1 nitrogen and oxygen atoms in total. The molecule has 1 aromatic carbocycles. The predicted octanol–water partition coefficient (Wildman–Crippen LogP) is 14.3. The van der Waals surface area contributed by atoms with Crippen LogP contribution in [0.15, 0.2) is 35.9 Å². The molecular formula is C39H71ClFN. The first-order chi connectivity index (χ1) is 19.8. The van der Waals surface area contributed by atoms with Crippen molar-refractivity contribution in [2.45, 2.75) is 166 Å². The molecule has 2 rings (SSSR count). The molecule has 3 heteroatoms. The van der Waals surface area contributed by atoms with Crippen LogP contribution in [0.4, 0.5) is 4.39 Å². The number of nitrogens with one attached hydrogen (secondary N) is 1. The van der Waals surface area contributed by atoms with Gasteiger partial charge in [-0.3, -0.25) is 0 Å². The van der Waals surface area contributed by atoms with E-state index in [1.807, 2.05) is 45.1 Å². The molecule has 42 heavy (non-hydrogen) atoms. The fraction of sp³-hybridized carbons (Fsp3) is 0.718. The van der Waals surface area contributed by atoms with Crippen LogP contribution in [0.1, 0.15) is 165 Å². The van der Waals surface area contributed by atoms with Crippen molar-refractivity contribution in [3.05, 3.63) is 52.9 Å². The Morgan fingerprint density at radius 1 is 1.00 bits per heavy atom. The maximum Gasteiger partial charge on any atom is 0.130 e. The van der Waals surface area contributed by atoms with Gasteiger partial charge >= 0.3 is 0 Å². The maximum atomic E-state index is 13.2. The quantitative estimate of drug-likeness (QED) is 0.202. The minimum atomic E-state index is -0.132. The highest BCUT2D eigenvalue weighted by molar-refractivity contribution is 6.22. The molecule has 0 aromatic heterocycles. The normalized spacial score (nSPS) is 15.2. The molecule has 1 aromatic rings. The van der Waals surface area contributed by atoms with Crippen LogP contribution in [0.5, 0.6) is 0 Å². The standard InChI is InChI=1S/C11H13F.C9H18.C8H14ClN.C7H16.C4H10/c1-3-6-10-9(4-2)7-5-8-11(10)12;1-8-4-6-9(2,3)7-5-8;1-3-4-8(9)5-7(2)6-10;1-4-5-6-7(2)3;1-3-4-2/h3,5-8H,4H2,1-2H3;8H,4-7H2,1-3H3;5-6,8,10H,3-4H2,1-2H3;7H,4-6H2,1-3H3;3-4H2,1-2H3/b6-3-;;7-5-,10-6?;;. The number of rotatable bonds is 10. The van der Waals surface area contributed by atoms with Crippen molar-refractivity contribution in [1.82, 2.24) is 0 Å². The van der Waals surface area contributed by atoms with Crippen molar-refractivity contribution in [3.8, 4) is 0 Å². The molecule has 246 valence electrons. The number of benzene rings is 1. The summed E-state index contributed by atoms with van der Waals surface area (Å²) in [7, 11) is 0. The Morgan fingerprint density at radius 3 is 1.93 bits per heavy atom. The van der Waals surface area contributed by atoms with E-state index in [0.717, 1.165) is 47.8 Å². The van der Waals surface area contributed by atoms with Gasteiger partial charge < -0.3 is 5.41 Å². The second-order valence-corrected chi connectivity index (χ2v) is 13.5. The van der Waals surface area contributed by atoms with Crippen molar-refractivity contribution in [2.75, 3.05) is 0 Å². The van der Waals surface area contributed by atoms with Gasteiger partial charge in [-0.05, 0) is 74.0 Å². The van der Waals surface area contributed by atoms with Crippen molar-refractivity contribution in [3.63, 3.8) is 0 Å². The van der Waals surface area contributed by atoms with Gasteiger partial charge in [-0.2, -0.15) is 0 Å². The molecule has 0 spiro atoms. The number of allylic oxidation sites excluding steroid dienone is 3. The van der Waals surface area contributed by atoms with Gasteiger partial charge in [0.25, 0.3) is 0 Å². The lowest BCUT2D eigenvalue weighted by Crippen LogP contribution is -2.19. The van der Waals surface area contributed by atoms with Gasteiger partial charge in [0.05, 0.1) is 5.38 Å². The molecule has 0 radical (unpaired) electrons. The van der Waals surface area contributed by atoms with Crippen LogP contribution in [0.25, 0.3) is 6.08 Å². The zero-order valence-corrected chi connectivity index (χ0v) is 30.8. The maximum absolute atomic E-state index is 13.2. The molecule has 1 fully saturated rings. The second-order valence-electron chi connectivity index (χ2n) is 12.9. The largest absolute Gasteiger partial charge is 0.308 e. The third-order valence-electron chi connectivity index (χ3n) is 7.36. The van der Waals surface area contributed by atoms with Crippen molar-refractivity contribution >= 4 is 23.9 Å². The Kier molecular flexibility index (Phi) is 31.8. The summed E-state index contributed by atoms with van der Waals surface area (Å²) in [5.41, 5.74) is 3.39. The average molecular weight is 608 g/mol. The first kappa shape index (κ1) is 45.0. The average Bonchev–Trinajstić information content (AvgIpc) is 2.96. The number of unbranched alkanes of at least 4 members (excludes halogenated alkanes) is 2. The van der Waals surface area contributed by atoms with E-state index in [4.69, 9.17) is 17.0 Å². The molecular weight excluding hydrogens is 537 g/mol. The van der Waals surface area contributed by atoms with E-state index < -0.39 is 0 Å². The summed E-state index contributed by atoms with van der Waals surface area (Å²) in [4.78, 5) is 0. The van der Waals surface area contributed by atoms with Crippen LogP contribution >= 0.6 is 11.6 Å². The number of aryl methyl sites for hydroxylation is 1. The van der Waals surface area contributed by atoms with Crippen LogP contribution < -0.4 is 0 Å². The van der Waals surface area contributed by atoms with E-state index in [1.54, 1.807) is 6.07 Å². The van der Waals surface area contributed by atoms with Crippen molar-refractivity contribution in [2.24, 2.45) is 17.3 Å². The molecule has 0 saturated heterocycles. The lowest BCUT2D eigenvalue weighted by Gasteiger charge is -2.32. The Hall–Kier alpha value is -1.41. The van der Waals surface area contributed by atoms with Gasteiger partial charge in [0.2, 0.25) is 0 Å². The van der Waals surface area contributed by atoms with Gasteiger partial charge in [-0.15, -0.1) is 11.6 Å². The second kappa shape index (κ2) is 29.7. The molecule has 1 N–H and O–H groups in total. The van der Waals surface area contributed by atoms with E-state index in [0.29, 0.717) is 5.41 Å². The van der Waals surface area contributed by atoms with Crippen LogP contribution in [0.2, 0.25) is 0 Å².